The molecule has 0 saturated carbocycles. The Morgan fingerprint density at radius 1 is 0.390 bits per heavy atom. The molecule has 0 spiro atoms. The molecule has 0 atom stereocenters. The van der Waals surface area contributed by atoms with Crippen molar-refractivity contribution in [2.75, 3.05) is 0 Å². The predicted molar refractivity (Wildman–Crippen MR) is 227 cm³/mol. The fraction of sp³-hybridized carbons (Fsp3) is 0. The Bertz CT molecular complexity index is 3020. The van der Waals surface area contributed by atoms with E-state index in [0.717, 1.165) is 16.0 Å². The van der Waals surface area contributed by atoms with Gasteiger partial charge in [-0.1, -0.05) is 72.8 Å². The normalized spacial score (nSPS) is 11.6. The van der Waals surface area contributed by atoms with Gasteiger partial charge in [0.15, 0.2) is 0 Å². The maximum Gasteiger partial charge on any atom is 2.00 e. The summed E-state index contributed by atoms with van der Waals surface area (Å²) in [6.45, 7) is 0. The first kappa shape index (κ1) is 38.6. The standard InChI is InChI=1S/C47H30N4O6S.Fe/c52-45(53)29-7-1-25(2-8-29)41-33-17-19-35(48-33)42(26-3-9-30(10-4-26)46(54)55)37-21-23-39(50-37)44(28-13-15-32(58)16-14-28)40-24-22-38(51-40)43(36-20-18-34(41)49-36)27-5-11-31(12-6-27)47(56)57;/h1-24H,(H6,48,49,50,51,52,53,54,55,56,57,58);/q;+2/p-2. The van der Waals surface area contributed by atoms with Gasteiger partial charge >= 0.3 is 35.0 Å². The van der Waals surface area contributed by atoms with Crippen molar-refractivity contribution in [2.45, 2.75) is 4.90 Å². The summed E-state index contributed by atoms with van der Waals surface area (Å²) in [6, 6.07) is 34.9. The molecular formula is C47H28FeN4O6S. The smallest absolute Gasteiger partial charge is 0.657 e. The molecule has 3 aromatic heterocycles. The van der Waals surface area contributed by atoms with Crippen LogP contribution in [-0.4, -0.2) is 43.2 Å². The number of aromatic carboxylic acids is 3. The summed E-state index contributed by atoms with van der Waals surface area (Å²) >= 11 is 4.52. The monoisotopic (exact) mass is 832 g/mol. The van der Waals surface area contributed by atoms with Gasteiger partial charge in [-0.2, -0.15) is 0 Å². The summed E-state index contributed by atoms with van der Waals surface area (Å²) in [5.41, 5.74) is 10.8. The number of hydrogen-bond acceptors (Lipinski definition) is 6. The number of benzene rings is 4. The number of nitrogens with zero attached hydrogens (tertiary/aromatic N) is 4. The second-order valence-corrected chi connectivity index (χ2v) is 14.1. The van der Waals surface area contributed by atoms with E-state index in [9.17, 15) is 29.7 Å². The first-order chi connectivity index (χ1) is 28.1. The Morgan fingerprint density at radius 2 is 0.627 bits per heavy atom. The van der Waals surface area contributed by atoms with Gasteiger partial charge in [-0.15, -0.1) is 34.7 Å². The van der Waals surface area contributed by atoms with Gasteiger partial charge in [0.05, 0.1) is 39.5 Å². The van der Waals surface area contributed by atoms with Crippen LogP contribution in [0.1, 0.15) is 53.8 Å². The zero-order valence-corrected chi connectivity index (χ0v) is 32.5. The number of hydrogen-bond donors (Lipinski definition) is 4. The minimum atomic E-state index is -1.06. The molecule has 0 amide bonds. The largest absolute Gasteiger partial charge is 2.00 e. The fourth-order valence-electron chi connectivity index (χ4n) is 7.24. The maximum absolute atomic E-state index is 11.8. The molecular weight excluding hydrogens is 804 g/mol. The van der Waals surface area contributed by atoms with Gasteiger partial charge < -0.3 is 25.3 Å². The predicted octanol–water partition coefficient (Wildman–Crippen LogP) is 9.96. The molecule has 4 aromatic carbocycles. The summed E-state index contributed by atoms with van der Waals surface area (Å²) in [5.74, 6) is -3.14. The second-order valence-electron chi connectivity index (χ2n) is 13.6. The van der Waals surface area contributed by atoms with E-state index < -0.39 is 17.9 Å². The molecule has 9 rings (SSSR count). The topological polar surface area (TPSA) is 166 Å². The molecule has 0 radical (unpaired) electrons. The van der Waals surface area contributed by atoms with Crippen molar-refractivity contribution in [3.8, 4) is 44.5 Å². The summed E-state index contributed by atoms with van der Waals surface area (Å²) in [5, 5.41) is 29.0. The Kier molecular flexibility index (Phi) is 10.2. The minimum Gasteiger partial charge on any atom is -0.657 e. The molecule has 0 aliphatic carbocycles. The van der Waals surface area contributed by atoms with Crippen LogP contribution >= 0.6 is 12.6 Å². The third-order valence-corrected chi connectivity index (χ3v) is 10.3. The SMILES string of the molecule is O=C(O)c1ccc(-c2c3nc(c(-c4ccc(C(=O)O)cc4)c4ccc([n-]4)c(-c4ccc(C(=O)O)cc4)c4nc(c(-c5ccc(S)cc5)c5ccc2[n-]5)C=C4)C=C3)cc1.[Fe+2]. The molecule has 5 heterocycles. The molecule has 10 nitrogen and oxygen atoms in total. The summed E-state index contributed by atoms with van der Waals surface area (Å²) < 4.78 is 0. The van der Waals surface area contributed by atoms with Crippen LogP contribution in [0.2, 0.25) is 0 Å². The van der Waals surface area contributed by atoms with Crippen molar-refractivity contribution in [1.29, 1.82) is 0 Å². The van der Waals surface area contributed by atoms with Crippen molar-refractivity contribution in [3.05, 3.63) is 161 Å². The van der Waals surface area contributed by atoms with Crippen molar-refractivity contribution in [3.63, 3.8) is 0 Å². The van der Waals surface area contributed by atoms with Gasteiger partial charge in [0, 0.05) is 4.90 Å². The van der Waals surface area contributed by atoms with Gasteiger partial charge in [-0.05, 0) is 117 Å². The maximum atomic E-state index is 11.8. The number of carbonyl (C=O) groups is 3. The van der Waals surface area contributed by atoms with Crippen LogP contribution in [0.25, 0.3) is 90.9 Å². The molecule has 286 valence electrons. The van der Waals surface area contributed by atoms with Crippen LogP contribution in [0.15, 0.2) is 126 Å². The van der Waals surface area contributed by atoms with Gasteiger partial charge in [-0.3, -0.25) is 0 Å². The van der Waals surface area contributed by atoms with E-state index in [0.29, 0.717) is 78.2 Å². The number of thiol groups is 1. The Balaban J connectivity index is 0.00000484. The van der Waals surface area contributed by atoms with E-state index in [4.69, 9.17) is 19.9 Å². The minimum absolute atomic E-state index is 0. The number of fused-ring (bicyclic) bond motifs is 8. The molecule has 0 fully saturated rings. The fourth-order valence-corrected chi connectivity index (χ4v) is 7.39. The Labute approximate surface area is 352 Å². The number of carboxylic acid groups (broad SMARTS) is 3. The number of carboxylic acids is 3. The van der Waals surface area contributed by atoms with Gasteiger partial charge in [-0.25, -0.2) is 24.4 Å². The quantitative estimate of drug-likeness (QED) is 0.0897. The van der Waals surface area contributed by atoms with Crippen molar-refractivity contribution in [2.24, 2.45) is 0 Å². The zero-order chi connectivity index (χ0) is 40.1. The van der Waals surface area contributed by atoms with Crippen LogP contribution in [-0.2, 0) is 17.1 Å². The van der Waals surface area contributed by atoms with E-state index in [1.165, 1.54) is 12.1 Å². The molecule has 3 N–H and O–H groups in total. The van der Waals surface area contributed by atoms with Crippen LogP contribution in [0, 0.1) is 0 Å². The van der Waals surface area contributed by atoms with Crippen LogP contribution < -0.4 is 9.97 Å². The molecule has 0 saturated heterocycles. The number of rotatable bonds is 7. The molecule has 2 aliphatic rings. The van der Waals surface area contributed by atoms with E-state index in [1.54, 1.807) is 60.7 Å². The van der Waals surface area contributed by atoms with Gasteiger partial charge in [0.25, 0.3) is 0 Å². The Morgan fingerprint density at radius 3 is 0.864 bits per heavy atom. The Hall–Kier alpha value is -7.24. The second kappa shape index (κ2) is 15.6. The van der Waals surface area contributed by atoms with E-state index >= 15 is 0 Å². The van der Waals surface area contributed by atoms with Crippen LogP contribution in [0.5, 0.6) is 0 Å². The molecule has 0 unspecified atom stereocenters. The molecule has 7 aromatic rings. The summed E-state index contributed by atoms with van der Waals surface area (Å²) in [6.07, 6.45) is 7.57. The first-order valence-corrected chi connectivity index (χ1v) is 18.4. The van der Waals surface area contributed by atoms with Crippen molar-refractivity contribution < 1.29 is 46.8 Å². The molecule has 8 bridgehead atoms. The van der Waals surface area contributed by atoms with Crippen molar-refractivity contribution in [1.82, 2.24) is 19.9 Å². The van der Waals surface area contributed by atoms with E-state index in [2.05, 4.69) is 12.6 Å². The summed E-state index contributed by atoms with van der Waals surface area (Å²) in [4.78, 5) is 56.9. The summed E-state index contributed by atoms with van der Waals surface area (Å²) in [7, 11) is 0. The van der Waals surface area contributed by atoms with Crippen LogP contribution in [0.4, 0.5) is 0 Å². The zero-order valence-electron chi connectivity index (χ0n) is 30.5. The van der Waals surface area contributed by atoms with Crippen LogP contribution in [0.3, 0.4) is 0 Å². The average Bonchev–Trinajstić information content (AvgIpc) is 4.07. The molecule has 2 aliphatic heterocycles. The van der Waals surface area contributed by atoms with E-state index in [-0.39, 0.29) is 33.8 Å². The van der Waals surface area contributed by atoms with E-state index in [1.807, 2.05) is 72.8 Å². The average molecular weight is 833 g/mol. The van der Waals surface area contributed by atoms with Gasteiger partial charge in [0.2, 0.25) is 0 Å². The third kappa shape index (κ3) is 7.28. The van der Waals surface area contributed by atoms with Crippen molar-refractivity contribution >= 4 is 76.9 Å². The first-order valence-electron chi connectivity index (χ1n) is 18.0. The molecule has 59 heavy (non-hydrogen) atoms. The van der Waals surface area contributed by atoms with Gasteiger partial charge in [0.1, 0.15) is 0 Å². The third-order valence-electron chi connectivity index (χ3n) is 10.0. The molecule has 12 heteroatoms. The number of aromatic nitrogens is 4.